The number of aryl methyl sites for hydroxylation is 1. The second-order valence-electron chi connectivity index (χ2n) is 3.99. The molecule has 0 N–H and O–H groups in total. The fourth-order valence-corrected chi connectivity index (χ4v) is 3.83. The SMILES string of the molecule is O=C(c1cccs1)c1[c]sc2c1CCCC2. The summed E-state index contributed by atoms with van der Waals surface area (Å²) in [5.74, 6) is 0.161. The first-order valence-electron chi connectivity index (χ1n) is 5.46. The van der Waals surface area contributed by atoms with Gasteiger partial charge in [-0.2, -0.15) is 0 Å². The Balaban J connectivity index is 2.01. The lowest BCUT2D eigenvalue weighted by Gasteiger charge is -2.11. The van der Waals surface area contributed by atoms with Gasteiger partial charge in [-0.1, -0.05) is 6.07 Å². The highest BCUT2D eigenvalue weighted by Crippen LogP contribution is 2.31. The highest BCUT2D eigenvalue weighted by Gasteiger charge is 2.21. The molecule has 0 saturated carbocycles. The first-order chi connectivity index (χ1) is 7.86. The van der Waals surface area contributed by atoms with E-state index in [2.05, 4.69) is 5.38 Å². The predicted octanol–water partition coefficient (Wildman–Crippen LogP) is 3.72. The quantitative estimate of drug-likeness (QED) is 0.739. The number of hydrogen-bond donors (Lipinski definition) is 0. The van der Waals surface area contributed by atoms with E-state index >= 15 is 0 Å². The van der Waals surface area contributed by atoms with E-state index in [-0.39, 0.29) is 5.78 Å². The Morgan fingerprint density at radius 2 is 2.19 bits per heavy atom. The first kappa shape index (κ1) is 10.2. The number of hydrogen-bond acceptors (Lipinski definition) is 3. The highest BCUT2D eigenvalue weighted by atomic mass is 32.1. The fraction of sp³-hybridized carbons (Fsp3) is 0.308. The number of carbonyl (C=O) groups excluding carboxylic acids is 1. The van der Waals surface area contributed by atoms with Crippen molar-refractivity contribution >= 4 is 28.5 Å². The minimum absolute atomic E-state index is 0.161. The van der Waals surface area contributed by atoms with Crippen LogP contribution < -0.4 is 0 Å². The smallest absolute Gasteiger partial charge is 0.204 e. The lowest BCUT2D eigenvalue weighted by molar-refractivity contribution is 0.104. The van der Waals surface area contributed by atoms with E-state index < -0.39 is 0 Å². The largest absolute Gasteiger partial charge is 0.288 e. The van der Waals surface area contributed by atoms with Crippen molar-refractivity contribution in [3.05, 3.63) is 43.8 Å². The van der Waals surface area contributed by atoms with Gasteiger partial charge in [0.25, 0.3) is 0 Å². The van der Waals surface area contributed by atoms with Crippen molar-refractivity contribution < 1.29 is 4.79 Å². The van der Waals surface area contributed by atoms with E-state index in [0.717, 1.165) is 23.3 Å². The maximum Gasteiger partial charge on any atom is 0.204 e. The second kappa shape index (κ2) is 4.15. The Morgan fingerprint density at radius 3 is 3.00 bits per heavy atom. The molecule has 81 valence electrons. The van der Waals surface area contributed by atoms with Crippen LogP contribution in [0.3, 0.4) is 0 Å². The molecule has 1 nitrogen and oxygen atoms in total. The third-order valence-corrected chi connectivity index (χ3v) is 4.84. The number of thiophene rings is 2. The third kappa shape index (κ3) is 1.64. The molecule has 0 atom stereocenters. The number of rotatable bonds is 2. The highest BCUT2D eigenvalue weighted by molar-refractivity contribution is 7.12. The lowest BCUT2D eigenvalue weighted by Crippen LogP contribution is -2.06. The van der Waals surface area contributed by atoms with Crippen molar-refractivity contribution in [1.29, 1.82) is 0 Å². The van der Waals surface area contributed by atoms with Gasteiger partial charge in [-0.05, 0) is 42.7 Å². The monoisotopic (exact) mass is 247 g/mol. The van der Waals surface area contributed by atoms with Crippen LogP contribution in [0.2, 0.25) is 0 Å². The van der Waals surface area contributed by atoms with Crippen LogP contribution in [0.1, 0.15) is 38.5 Å². The molecule has 0 saturated heterocycles. The summed E-state index contributed by atoms with van der Waals surface area (Å²) < 4.78 is 0. The van der Waals surface area contributed by atoms with Crippen LogP contribution in [0, 0.1) is 5.38 Å². The van der Waals surface area contributed by atoms with E-state index in [0.29, 0.717) is 0 Å². The van der Waals surface area contributed by atoms with Crippen molar-refractivity contribution in [1.82, 2.24) is 0 Å². The summed E-state index contributed by atoms with van der Waals surface area (Å²) in [5, 5.41) is 5.15. The molecule has 3 rings (SSSR count). The van der Waals surface area contributed by atoms with Gasteiger partial charge in [0.15, 0.2) is 0 Å². The van der Waals surface area contributed by atoms with Crippen LogP contribution in [-0.4, -0.2) is 5.78 Å². The lowest BCUT2D eigenvalue weighted by atomic mass is 9.94. The standard InChI is InChI=1S/C13H11OS2/c14-13(12-6-3-7-15-12)10-8-16-11-5-2-1-4-9(10)11/h3,6-7H,1-2,4-5H2. The maximum absolute atomic E-state index is 12.2. The molecule has 2 aromatic rings. The second-order valence-corrected chi connectivity index (χ2v) is 5.84. The Morgan fingerprint density at radius 1 is 1.31 bits per heavy atom. The zero-order valence-corrected chi connectivity index (χ0v) is 10.4. The van der Waals surface area contributed by atoms with Crippen molar-refractivity contribution in [3.8, 4) is 0 Å². The van der Waals surface area contributed by atoms with Crippen LogP contribution in [-0.2, 0) is 12.8 Å². The van der Waals surface area contributed by atoms with Gasteiger partial charge in [-0.15, -0.1) is 22.7 Å². The van der Waals surface area contributed by atoms with Gasteiger partial charge in [0.1, 0.15) is 0 Å². The minimum atomic E-state index is 0.161. The van der Waals surface area contributed by atoms with E-state index in [1.165, 1.54) is 34.6 Å². The minimum Gasteiger partial charge on any atom is -0.288 e. The molecule has 0 unspecified atom stereocenters. The van der Waals surface area contributed by atoms with Crippen molar-refractivity contribution in [3.63, 3.8) is 0 Å². The summed E-state index contributed by atoms with van der Waals surface area (Å²) in [6.45, 7) is 0. The summed E-state index contributed by atoms with van der Waals surface area (Å²) in [6.07, 6.45) is 4.66. The Hall–Kier alpha value is -0.930. The van der Waals surface area contributed by atoms with Gasteiger partial charge in [0, 0.05) is 10.4 Å². The first-order valence-corrected chi connectivity index (χ1v) is 7.16. The zero-order valence-electron chi connectivity index (χ0n) is 8.79. The Kier molecular flexibility index (Phi) is 2.65. The normalized spacial score (nSPS) is 14.8. The van der Waals surface area contributed by atoms with Crippen LogP contribution in [0.4, 0.5) is 0 Å². The van der Waals surface area contributed by atoms with Crippen LogP contribution in [0.5, 0.6) is 0 Å². The van der Waals surface area contributed by atoms with Gasteiger partial charge < -0.3 is 0 Å². The number of carbonyl (C=O) groups is 1. The van der Waals surface area contributed by atoms with Crippen molar-refractivity contribution in [2.24, 2.45) is 0 Å². The Labute approximate surface area is 103 Å². The molecule has 3 heteroatoms. The van der Waals surface area contributed by atoms with E-state index in [9.17, 15) is 4.79 Å². The van der Waals surface area contributed by atoms with Crippen LogP contribution in [0.15, 0.2) is 17.5 Å². The summed E-state index contributed by atoms with van der Waals surface area (Å²) in [4.78, 5) is 14.4. The zero-order chi connectivity index (χ0) is 11.0. The van der Waals surface area contributed by atoms with E-state index in [1.54, 1.807) is 11.3 Å². The summed E-state index contributed by atoms with van der Waals surface area (Å²) in [6, 6.07) is 3.82. The van der Waals surface area contributed by atoms with E-state index in [1.807, 2.05) is 17.5 Å². The van der Waals surface area contributed by atoms with E-state index in [4.69, 9.17) is 0 Å². The molecule has 0 bridgehead atoms. The van der Waals surface area contributed by atoms with Crippen molar-refractivity contribution in [2.75, 3.05) is 0 Å². The van der Waals surface area contributed by atoms with Crippen molar-refractivity contribution in [2.45, 2.75) is 25.7 Å². The third-order valence-electron chi connectivity index (χ3n) is 2.97. The molecule has 1 radical (unpaired) electrons. The van der Waals surface area contributed by atoms with Crippen LogP contribution >= 0.6 is 22.7 Å². The topological polar surface area (TPSA) is 17.1 Å². The number of ketones is 1. The average Bonchev–Trinajstić information content (AvgIpc) is 2.98. The van der Waals surface area contributed by atoms with Gasteiger partial charge in [-0.3, -0.25) is 4.79 Å². The average molecular weight is 247 g/mol. The molecule has 1 aliphatic carbocycles. The van der Waals surface area contributed by atoms with Gasteiger partial charge in [0.05, 0.1) is 10.3 Å². The molecule has 0 aliphatic heterocycles. The molecule has 0 spiro atoms. The summed E-state index contributed by atoms with van der Waals surface area (Å²) in [5.41, 5.74) is 2.11. The maximum atomic E-state index is 12.2. The molecule has 16 heavy (non-hydrogen) atoms. The molecule has 0 amide bonds. The molecule has 0 aromatic carbocycles. The molecule has 0 fully saturated rings. The molecule has 1 aliphatic rings. The Bertz CT molecular complexity index is 508. The predicted molar refractivity (Wildman–Crippen MR) is 67.5 cm³/mol. The van der Waals surface area contributed by atoms with Gasteiger partial charge in [-0.25, -0.2) is 0 Å². The molecule has 2 aromatic heterocycles. The van der Waals surface area contributed by atoms with Gasteiger partial charge >= 0.3 is 0 Å². The number of fused-ring (bicyclic) bond motifs is 1. The fourth-order valence-electron chi connectivity index (χ4n) is 2.14. The van der Waals surface area contributed by atoms with Crippen LogP contribution in [0.25, 0.3) is 0 Å². The van der Waals surface area contributed by atoms with Gasteiger partial charge in [0.2, 0.25) is 5.78 Å². The summed E-state index contributed by atoms with van der Waals surface area (Å²) in [7, 11) is 0. The molecular formula is C13H11OS2. The summed E-state index contributed by atoms with van der Waals surface area (Å²) >= 11 is 3.15. The molecule has 2 heterocycles. The molecular weight excluding hydrogens is 236 g/mol.